The molecule has 2 fully saturated rings. The molecule has 0 bridgehead atoms. The number of hydrogen-bond acceptors (Lipinski definition) is 4. The highest BCUT2D eigenvalue weighted by molar-refractivity contribution is 6.07. The molecule has 1 aliphatic carbocycles. The summed E-state index contributed by atoms with van der Waals surface area (Å²) >= 11 is 0. The Morgan fingerprint density at radius 2 is 1.82 bits per heavy atom. The van der Waals surface area contributed by atoms with Gasteiger partial charge in [0.05, 0.1) is 0 Å². The standard InChI is InChI=1S/C27H39FN4O2/c1-30(2)15-6-16-32-25(33)27(29-26(32)34,19-21-9-11-24(28)12-10-21)23-13-17-31(18-14-23)20-22-7-4-3-5-8-22/h3-4,9-12,22-23H,5-8,13-20H2,1-2H3,(H,29,34)/t22-,27-/m1/s1. The lowest BCUT2D eigenvalue weighted by Crippen LogP contribution is -2.57. The second kappa shape index (κ2) is 11.0. The third kappa shape index (κ3) is 5.69. The number of carbonyl (C=O) groups is 2. The van der Waals surface area contributed by atoms with Crippen LogP contribution in [0, 0.1) is 17.7 Å². The van der Waals surface area contributed by atoms with Crippen LogP contribution < -0.4 is 5.32 Å². The van der Waals surface area contributed by atoms with E-state index < -0.39 is 5.54 Å². The van der Waals surface area contributed by atoms with Crippen LogP contribution >= 0.6 is 0 Å². The molecule has 2 atom stereocenters. The van der Waals surface area contributed by atoms with Gasteiger partial charge in [0.2, 0.25) is 0 Å². The number of amides is 3. The number of hydrogen-bond donors (Lipinski definition) is 1. The molecule has 6 nitrogen and oxygen atoms in total. The number of nitrogens with zero attached hydrogens (tertiary/aromatic N) is 3. The Balaban J connectivity index is 1.48. The summed E-state index contributed by atoms with van der Waals surface area (Å²) in [6.45, 7) is 4.23. The van der Waals surface area contributed by atoms with Crippen LogP contribution in [0.2, 0.25) is 0 Å². The number of likely N-dealkylation sites (tertiary alicyclic amines) is 1. The zero-order chi connectivity index (χ0) is 24.1. The average Bonchev–Trinajstić information content (AvgIpc) is 3.06. The third-order valence-electron chi connectivity index (χ3n) is 7.76. The van der Waals surface area contributed by atoms with Crippen LogP contribution in [0.4, 0.5) is 9.18 Å². The second-order valence-electron chi connectivity index (χ2n) is 10.5. The summed E-state index contributed by atoms with van der Waals surface area (Å²) in [7, 11) is 3.98. The molecule has 1 aromatic rings. The summed E-state index contributed by atoms with van der Waals surface area (Å²) in [5.41, 5.74) is -0.0752. The monoisotopic (exact) mass is 470 g/mol. The number of allylic oxidation sites excluding steroid dienone is 2. The van der Waals surface area contributed by atoms with E-state index in [4.69, 9.17) is 0 Å². The summed E-state index contributed by atoms with van der Waals surface area (Å²) < 4.78 is 13.5. The predicted octanol–water partition coefficient (Wildman–Crippen LogP) is 3.68. The number of halogens is 1. The fourth-order valence-electron chi connectivity index (χ4n) is 5.85. The Hall–Kier alpha value is -2.25. The van der Waals surface area contributed by atoms with Gasteiger partial charge in [-0.25, -0.2) is 9.18 Å². The van der Waals surface area contributed by atoms with Gasteiger partial charge in [0, 0.05) is 19.5 Å². The number of rotatable bonds is 9. The first-order valence-electron chi connectivity index (χ1n) is 12.8. The van der Waals surface area contributed by atoms with E-state index in [0.29, 0.717) is 13.0 Å². The topological polar surface area (TPSA) is 55.9 Å². The molecule has 2 aliphatic heterocycles. The van der Waals surface area contributed by atoms with E-state index in [0.717, 1.165) is 63.3 Å². The SMILES string of the molecule is CN(C)CCCN1C(=O)N[C@](Cc2ccc(F)cc2)(C2CCN(C[C@@H]3CC=CCC3)CC2)C1=O. The van der Waals surface area contributed by atoms with Crippen molar-refractivity contribution >= 4 is 11.9 Å². The lowest BCUT2D eigenvalue weighted by Gasteiger charge is -2.42. The van der Waals surface area contributed by atoms with E-state index >= 15 is 0 Å². The first kappa shape index (κ1) is 24.9. The molecule has 0 spiro atoms. The number of carbonyl (C=O) groups excluding carboxylic acids is 2. The van der Waals surface area contributed by atoms with Crippen LogP contribution in [-0.2, 0) is 11.2 Å². The molecular formula is C27H39FN4O2. The molecule has 4 rings (SSSR count). The number of piperidine rings is 1. The molecule has 186 valence electrons. The largest absolute Gasteiger partial charge is 0.325 e. The third-order valence-corrected chi connectivity index (χ3v) is 7.76. The molecule has 2 saturated heterocycles. The van der Waals surface area contributed by atoms with E-state index in [1.165, 1.54) is 29.9 Å². The molecule has 7 heteroatoms. The van der Waals surface area contributed by atoms with Gasteiger partial charge in [-0.3, -0.25) is 9.69 Å². The molecule has 0 radical (unpaired) electrons. The Bertz CT molecular complexity index is 879. The fraction of sp³-hybridized carbons (Fsp3) is 0.630. The van der Waals surface area contributed by atoms with Crippen LogP contribution in [-0.4, -0.2) is 79.0 Å². The predicted molar refractivity (Wildman–Crippen MR) is 132 cm³/mol. The second-order valence-corrected chi connectivity index (χ2v) is 10.5. The normalized spacial score (nSPS) is 26.5. The van der Waals surface area contributed by atoms with Crippen molar-refractivity contribution in [1.82, 2.24) is 20.0 Å². The van der Waals surface area contributed by atoms with Gasteiger partial charge in [0.1, 0.15) is 11.4 Å². The van der Waals surface area contributed by atoms with Gasteiger partial charge in [-0.15, -0.1) is 0 Å². The minimum Gasteiger partial charge on any atom is -0.322 e. The lowest BCUT2D eigenvalue weighted by atomic mass is 9.73. The Labute approximate surface area is 203 Å². The summed E-state index contributed by atoms with van der Waals surface area (Å²) in [5, 5.41) is 3.14. The molecule has 0 saturated carbocycles. The molecule has 3 aliphatic rings. The molecule has 0 aromatic heterocycles. The van der Waals surface area contributed by atoms with Crippen molar-refractivity contribution in [2.45, 2.75) is 50.5 Å². The summed E-state index contributed by atoms with van der Waals surface area (Å²) in [6, 6.07) is 6.04. The van der Waals surface area contributed by atoms with E-state index in [-0.39, 0.29) is 23.7 Å². The van der Waals surface area contributed by atoms with Gasteiger partial charge in [0.25, 0.3) is 5.91 Å². The van der Waals surface area contributed by atoms with E-state index in [9.17, 15) is 14.0 Å². The average molecular weight is 471 g/mol. The van der Waals surface area contributed by atoms with Gasteiger partial charge in [-0.05, 0) is 102 Å². The van der Waals surface area contributed by atoms with Gasteiger partial charge < -0.3 is 15.1 Å². The Morgan fingerprint density at radius 3 is 2.47 bits per heavy atom. The Morgan fingerprint density at radius 1 is 1.09 bits per heavy atom. The maximum Gasteiger partial charge on any atom is 0.325 e. The number of imide groups is 1. The van der Waals surface area contributed by atoms with E-state index in [2.05, 4.69) is 27.3 Å². The van der Waals surface area contributed by atoms with Crippen molar-refractivity contribution in [2.24, 2.45) is 11.8 Å². The molecule has 1 aromatic carbocycles. The van der Waals surface area contributed by atoms with Crippen molar-refractivity contribution in [3.05, 3.63) is 47.8 Å². The van der Waals surface area contributed by atoms with Crippen molar-refractivity contribution in [3.8, 4) is 0 Å². The summed E-state index contributed by atoms with van der Waals surface area (Å²) in [4.78, 5) is 32.8. The minimum absolute atomic E-state index is 0.0651. The molecule has 1 N–H and O–H groups in total. The molecule has 0 unspecified atom stereocenters. The smallest absolute Gasteiger partial charge is 0.322 e. The molecular weight excluding hydrogens is 431 g/mol. The van der Waals surface area contributed by atoms with Crippen LogP contribution in [0.3, 0.4) is 0 Å². The van der Waals surface area contributed by atoms with Crippen molar-refractivity contribution < 1.29 is 14.0 Å². The zero-order valence-electron chi connectivity index (χ0n) is 20.6. The van der Waals surface area contributed by atoms with Crippen LogP contribution in [0.15, 0.2) is 36.4 Å². The Kier molecular flexibility index (Phi) is 8.04. The van der Waals surface area contributed by atoms with Crippen LogP contribution in [0.1, 0.15) is 44.1 Å². The summed E-state index contributed by atoms with van der Waals surface area (Å²) in [5.74, 6) is 0.372. The van der Waals surface area contributed by atoms with E-state index in [1.54, 1.807) is 12.1 Å². The first-order valence-corrected chi connectivity index (χ1v) is 12.8. The molecule has 3 amide bonds. The van der Waals surface area contributed by atoms with Crippen molar-refractivity contribution in [1.29, 1.82) is 0 Å². The van der Waals surface area contributed by atoms with Crippen LogP contribution in [0.25, 0.3) is 0 Å². The maximum atomic E-state index is 13.8. The lowest BCUT2D eigenvalue weighted by molar-refractivity contribution is -0.134. The van der Waals surface area contributed by atoms with E-state index in [1.807, 2.05) is 14.1 Å². The van der Waals surface area contributed by atoms with Crippen LogP contribution in [0.5, 0.6) is 0 Å². The van der Waals surface area contributed by atoms with Gasteiger partial charge in [-0.1, -0.05) is 24.3 Å². The quantitative estimate of drug-likeness (QED) is 0.442. The maximum absolute atomic E-state index is 13.8. The fourth-order valence-corrected chi connectivity index (χ4v) is 5.85. The van der Waals surface area contributed by atoms with Crippen molar-refractivity contribution in [2.75, 3.05) is 46.8 Å². The highest BCUT2D eigenvalue weighted by atomic mass is 19.1. The van der Waals surface area contributed by atoms with Crippen molar-refractivity contribution in [3.63, 3.8) is 0 Å². The summed E-state index contributed by atoms with van der Waals surface area (Å²) in [6.07, 6.45) is 11.1. The number of nitrogens with one attached hydrogen (secondary N) is 1. The minimum atomic E-state index is -0.952. The van der Waals surface area contributed by atoms with Gasteiger partial charge in [0.15, 0.2) is 0 Å². The zero-order valence-corrected chi connectivity index (χ0v) is 20.6. The number of urea groups is 1. The van der Waals surface area contributed by atoms with Gasteiger partial charge in [-0.2, -0.15) is 0 Å². The highest BCUT2D eigenvalue weighted by Gasteiger charge is 2.55. The molecule has 34 heavy (non-hydrogen) atoms. The van der Waals surface area contributed by atoms with Gasteiger partial charge >= 0.3 is 6.03 Å². The highest BCUT2D eigenvalue weighted by Crippen LogP contribution is 2.37. The molecule has 2 heterocycles. The number of benzene rings is 1. The first-order chi connectivity index (χ1) is 16.4.